The molecule has 1 aliphatic heterocycles. The molecule has 2 aromatic heterocycles. The number of thiazole rings is 1. The first kappa shape index (κ1) is 19.5. The van der Waals surface area contributed by atoms with Crippen LogP contribution < -0.4 is 5.32 Å². The van der Waals surface area contributed by atoms with Gasteiger partial charge >= 0.3 is 6.18 Å². The molecular weight excluding hydrogens is 405 g/mol. The summed E-state index contributed by atoms with van der Waals surface area (Å²) < 4.78 is 39.9. The third kappa shape index (κ3) is 4.46. The summed E-state index contributed by atoms with van der Waals surface area (Å²) in [6.45, 7) is 1.73. The molecule has 29 heavy (non-hydrogen) atoms. The standard InChI is InChI=1S/C18H17F3N6OS/c19-18(20,21)17-25-24-14-10-26(6-7-27(14)17)9-13-11-29-15(23-13)8-22-16(28)12-4-2-1-3-5-12/h1-5,11H,6-10H2,(H,22,28). The average molecular weight is 422 g/mol. The van der Waals surface area contributed by atoms with E-state index in [0.29, 0.717) is 31.0 Å². The van der Waals surface area contributed by atoms with Gasteiger partial charge in [-0.25, -0.2) is 4.98 Å². The zero-order valence-electron chi connectivity index (χ0n) is 15.2. The zero-order valence-corrected chi connectivity index (χ0v) is 16.0. The maximum Gasteiger partial charge on any atom is 0.451 e. The Morgan fingerprint density at radius 2 is 1.97 bits per heavy atom. The van der Waals surface area contributed by atoms with E-state index in [1.165, 1.54) is 11.3 Å². The van der Waals surface area contributed by atoms with Gasteiger partial charge in [-0.3, -0.25) is 9.69 Å². The molecule has 4 rings (SSSR count). The summed E-state index contributed by atoms with van der Waals surface area (Å²) in [5, 5.41) is 12.5. The van der Waals surface area contributed by atoms with Gasteiger partial charge in [0, 0.05) is 30.6 Å². The molecule has 0 radical (unpaired) electrons. The molecule has 0 saturated heterocycles. The summed E-state index contributed by atoms with van der Waals surface area (Å²) in [5.74, 6) is -0.815. The van der Waals surface area contributed by atoms with Gasteiger partial charge in [-0.1, -0.05) is 18.2 Å². The Morgan fingerprint density at radius 3 is 2.72 bits per heavy atom. The lowest BCUT2D eigenvalue weighted by Gasteiger charge is -2.27. The summed E-state index contributed by atoms with van der Waals surface area (Å²) in [4.78, 5) is 18.6. The minimum atomic E-state index is -4.50. The number of benzene rings is 1. The molecule has 0 bridgehead atoms. The van der Waals surface area contributed by atoms with Crippen molar-refractivity contribution in [2.24, 2.45) is 0 Å². The maximum atomic E-state index is 12.9. The fourth-order valence-corrected chi connectivity index (χ4v) is 3.86. The van der Waals surface area contributed by atoms with E-state index < -0.39 is 12.0 Å². The number of alkyl halides is 3. The molecule has 7 nitrogen and oxygen atoms in total. The van der Waals surface area contributed by atoms with Crippen molar-refractivity contribution < 1.29 is 18.0 Å². The van der Waals surface area contributed by atoms with Crippen LogP contribution in [-0.2, 0) is 32.4 Å². The summed E-state index contributed by atoms with van der Waals surface area (Å²) in [5.41, 5.74) is 1.39. The molecule has 1 amide bonds. The lowest BCUT2D eigenvalue weighted by atomic mass is 10.2. The molecule has 0 fully saturated rings. The minimum Gasteiger partial charge on any atom is -0.346 e. The quantitative estimate of drug-likeness (QED) is 0.684. The minimum absolute atomic E-state index is 0.168. The number of aromatic nitrogens is 4. The Balaban J connectivity index is 1.33. The summed E-state index contributed by atoms with van der Waals surface area (Å²) in [6.07, 6.45) is -4.50. The van der Waals surface area contributed by atoms with Gasteiger partial charge in [-0.15, -0.1) is 21.5 Å². The van der Waals surface area contributed by atoms with Gasteiger partial charge in [-0.05, 0) is 12.1 Å². The van der Waals surface area contributed by atoms with Crippen LogP contribution in [0.2, 0.25) is 0 Å². The van der Waals surface area contributed by atoms with Gasteiger partial charge in [0.05, 0.1) is 18.8 Å². The number of amides is 1. The number of hydrogen-bond acceptors (Lipinski definition) is 6. The molecule has 1 aromatic carbocycles. The van der Waals surface area contributed by atoms with E-state index in [2.05, 4.69) is 20.5 Å². The zero-order chi connectivity index (χ0) is 20.4. The highest BCUT2D eigenvalue weighted by molar-refractivity contribution is 7.09. The van der Waals surface area contributed by atoms with Gasteiger partial charge in [0.15, 0.2) is 0 Å². The topological polar surface area (TPSA) is 75.9 Å². The number of hydrogen-bond donors (Lipinski definition) is 1. The van der Waals surface area contributed by atoms with Crippen molar-refractivity contribution in [1.82, 2.24) is 30.0 Å². The smallest absolute Gasteiger partial charge is 0.346 e. The SMILES string of the molecule is O=C(NCc1nc(CN2CCn3c(nnc3C(F)(F)F)C2)cs1)c1ccccc1. The lowest BCUT2D eigenvalue weighted by molar-refractivity contribution is -0.148. The van der Waals surface area contributed by atoms with E-state index in [-0.39, 0.29) is 19.0 Å². The van der Waals surface area contributed by atoms with E-state index in [4.69, 9.17) is 0 Å². The normalized spacial score (nSPS) is 14.6. The lowest BCUT2D eigenvalue weighted by Crippen LogP contribution is -2.35. The van der Waals surface area contributed by atoms with Gasteiger partial charge < -0.3 is 9.88 Å². The molecule has 1 aliphatic rings. The van der Waals surface area contributed by atoms with Crippen LogP contribution in [0.1, 0.15) is 32.7 Å². The molecule has 0 unspecified atom stereocenters. The number of rotatable bonds is 5. The highest BCUT2D eigenvalue weighted by atomic mass is 32.1. The Bertz CT molecular complexity index is 1000. The highest BCUT2D eigenvalue weighted by Gasteiger charge is 2.39. The summed E-state index contributed by atoms with van der Waals surface area (Å²) in [7, 11) is 0. The molecule has 152 valence electrons. The Morgan fingerprint density at radius 1 is 1.17 bits per heavy atom. The van der Waals surface area contributed by atoms with Crippen LogP contribution in [0.15, 0.2) is 35.7 Å². The van der Waals surface area contributed by atoms with Crippen LogP contribution in [-0.4, -0.2) is 37.1 Å². The van der Waals surface area contributed by atoms with Crippen molar-refractivity contribution in [3.8, 4) is 0 Å². The number of nitrogens with one attached hydrogen (secondary N) is 1. The van der Waals surface area contributed by atoms with Crippen LogP contribution >= 0.6 is 11.3 Å². The van der Waals surface area contributed by atoms with Crippen molar-refractivity contribution in [2.75, 3.05) is 6.54 Å². The van der Waals surface area contributed by atoms with Crippen molar-refractivity contribution in [3.63, 3.8) is 0 Å². The Hall–Kier alpha value is -2.79. The molecular formula is C18H17F3N6OS. The first-order chi connectivity index (χ1) is 13.9. The molecule has 0 spiro atoms. The third-order valence-corrected chi connectivity index (χ3v) is 5.40. The number of fused-ring (bicyclic) bond motifs is 1. The van der Waals surface area contributed by atoms with E-state index in [0.717, 1.165) is 15.3 Å². The molecule has 11 heteroatoms. The van der Waals surface area contributed by atoms with Crippen molar-refractivity contribution in [2.45, 2.75) is 32.4 Å². The van der Waals surface area contributed by atoms with E-state index in [1.54, 1.807) is 24.3 Å². The molecule has 0 aliphatic carbocycles. The fourth-order valence-electron chi connectivity index (χ4n) is 3.13. The van der Waals surface area contributed by atoms with E-state index in [9.17, 15) is 18.0 Å². The van der Waals surface area contributed by atoms with Gasteiger partial charge in [0.1, 0.15) is 10.8 Å². The van der Waals surface area contributed by atoms with Crippen LogP contribution in [0.25, 0.3) is 0 Å². The van der Waals surface area contributed by atoms with Gasteiger partial charge in [0.25, 0.3) is 5.91 Å². The van der Waals surface area contributed by atoms with Crippen LogP contribution in [0.3, 0.4) is 0 Å². The Labute approximate surface area is 168 Å². The molecule has 0 atom stereocenters. The number of carbonyl (C=O) groups is 1. The van der Waals surface area contributed by atoms with Crippen molar-refractivity contribution in [3.05, 3.63) is 63.6 Å². The van der Waals surface area contributed by atoms with Gasteiger partial charge in [-0.2, -0.15) is 13.2 Å². The van der Waals surface area contributed by atoms with E-state index in [1.807, 2.05) is 16.3 Å². The van der Waals surface area contributed by atoms with Crippen LogP contribution in [0, 0.1) is 0 Å². The molecule has 0 saturated carbocycles. The summed E-state index contributed by atoms with van der Waals surface area (Å²) in [6, 6.07) is 8.92. The Kier molecular flexibility index (Phi) is 5.33. The summed E-state index contributed by atoms with van der Waals surface area (Å²) >= 11 is 1.43. The van der Waals surface area contributed by atoms with E-state index >= 15 is 0 Å². The third-order valence-electron chi connectivity index (χ3n) is 4.51. The van der Waals surface area contributed by atoms with Gasteiger partial charge in [0.2, 0.25) is 5.82 Å². The first-order valence-electron chi connectivity index (χ1n) is 8.88. The number of carbonyl (C=O) groups excluding carboxylic acids is 1. The second kappa shape index (κ2) is 7.91. The predicted molar refractivity (Wildman–Crippen MR) is 98.9 cm³/mol. The second-order valence-corrected chi connectivity index (χ2v) is 7.52. The van der Waals surface area contributed by atoms with Crippen LogP contribution in [0.4, 0.5) is 13.2 Å². The van der Waals surface area contributed by atoms with Crippen molar-refractivity contribution >= 4 is 17.2 Å². The largest absolute Gasteiger partial charge is 0.451 e. The molecule has 3 heterocycles. The monoisotopic (exact) mass is 422 g/mol. The van der Waals surface area contributed by atoms with Crippen LogP contribution in [0.5, 0.6) is 0 Å². The predicted octanol–water partition coefficient (Wildman–Crippen LogP) is 2.70. The number of halogens is 3. The number of nitrogens with zero attached hydrogens (tertiary/aromatic N) is 5. The van der Waals surface area contributed by atoms with Crippen molar-refractivity contribution in [1.29, 1.82) is 0 Å². The first-order valence-corrected chi connectivity index (χ1v) is 9.76. The second-order valence-electron chi connectivity index (χ2n) is 6.58. The molecule has 1 N–H and O–H groups in total. The average Bonchev–Trinajstić information content (AvgIpc) is 3.33. The maximum absolute atomic E-state index is 12.9. The molecule has 3 aromatic rings. The highest BCUT2D eigenvalue weighted by Crippen LogP contribution is 2.29. The fraction of sp³-hybridized carbons (Fsp3) is 0.333.